The fraction of sp³-hybridized carbons (Fsp3) is 0.957. The van der Waals surface area contributed by atoms with Crippen LogP contribution in [0.15, 0.2) is 0 Å². The van der Waals surface area contributed by atoms with Gasteiger partial charge in [0.1, 0.15) is 0 Å². The van der Waals surface area contributed by atoms with Gasteiger partial charge >= 0.3 is 0 Å². The summed E-state index contributed by atoms with van der Waals surface area (Å²) in [7, 11) is 1.77. The molecule has 7 nitrogen and oxygen atoms in total. The summed E-state index contributed by atoms with van der Waals surface area (Å²) in [6.07, 6.45) is 7.74. The van der Waals surface area contributed by atoms with Crippen LogP contribution in [0.1, 0.15) is 51.9 Å². The van der Waals surface area contributed by atoms with Crippen molar-refractivity contribution < 1.29 is 14.4 Å². The minimum atomic E-state index is 0.314. The third-order valence-corrected chi connectivity index (χ3v) is 7.14. The lowest BCUT2D eigenvalue weighted by Crippen LogP contribution is -2.47. The Kier molecular flexibility index (Phi) is 10.3. The van der Waals surface area contributed by atoms with E-state index in [4.69, 9.17) is 9.57 Å². The Bertz CT molecular complexity index is 493. The maximum absolute atomic E-state index is 13.2. The number of likely N-dealkylation sites (N-methyl/N-ethyl adjacent to an activating group) is 1. The van der Waals surface area contributed by atoms with Crippen LogP contribution < -0.4 is 0 Å². The number of nitrogens with zero attached hydrogens (tertiary/aromatic N) is 4. The van der Waals surface area contributed by atoms with E-state index >= 15 is 0 Å². The van der Waals surface area contributed by atoms with Crippen LogP contribution in [0, 0.1) is 5.92 Å². The van der Waals surface area contributed by atoms with Gasteiger partial charge in [-0.2, -0.15) is 5.06 Å². The molecule has 0 saturated carbocycles. The van der Waals surface area contributed by atoms with Gasteiger partial charge in [0.15, 0.2) is 0 Å². The molecule has 0 aliphatic carbocycles. The molecule has 7 heteroatoms. The fourth-order valence-corrected chi connectivity index (χ4v) is 5.18. The SMILES string of the molecule is CCN1CCCC1CN(CC1CCN(CCOC)CC1)C(=O)CCN1CCCCO1. The second kappa shape index (κ2) is 13.0. The van der Waals surface area contributed by atoms with Gasteiger partial charge in [0.2, 0.25) is 5.91 Å². The highest BCUT2D eigenvalue weighted by molar-refractivity contribution is 5.76. The monoisotopic (exact) mass is 424 g/mol. The molecule has 0 aromatic carbocycles. The number of ether oxygens (including phenoxy) is 1. The van der Waals surface area contributed by atoms with Crippen molar-refractivity contribution in [2.24, 2.45) is 5.92 Å². The molecule has 0 aromatic heterocycles. The van der Waals surface area contributed by atoms with Crippen molar-refractivity contribution in [2.75, 3.05) is 79.2 Å². The molecule has 1 amide bonds. The normalized spacial score (nSPS) is 25.1. The number of amides is 1. The van der Waals surface area contributed by atoms with Gasteiger partial charge in [-0.25, -0.2) is 0 Å². The average Bonchev–Trinajstić information content (AvgIpc) is 3.24. The molecule has 3 fully saturated rings. The lowest BCUT2D eigenvalue weighted by Gasteiger charge is -2.37. The second-order valence-corrected chi connectivity index (χ2v) is 9.22. The standard InChI is InChI=1S/C23H44N4O3/c1-3-25-11-6-7-22(25)20-26(23(28)10-15-27-12-4-5-17-30-27)19-21-8-13-24(14-9-21)16-18-29-2/h21-22H,3-20H2,1-2H3. The smallest absolute Gasteiger partial charge is 0.224 e. The Morgan fingerprint density at radius 2 is 1.87 bits per heavy atom. The number of hydrogen-bond acceptors (Lipinski definition) is 6. The molecule has 174 valence electrons. The number of carbonyl (C=O) groups excluding carboxylic acids is 1. The fourth-order valence-electron chi connectivity index (χ4n) is 5.18. The molecule has 3 saturated heterocycles. The molecule has 3 rings (SSSR count). The van der Waals surface area contributed by atoms with E-state index in [0.717, 1.165) is 72.0 Å². The van der Waals surface area contributed by atoms with Crippen molar-refractivity contribution in [1.82, 2.24) is 19.8 Å². The van der Waals surface area contributed by atoms with Crippen LogP contribution in [0.4, 0.5) is 0 Å². The summed E-state index contributed by atoms with van der Waals surface area (Å²) in [4.78, 5) is 26.2. The Morgan fingerprint density at radius 1 is 1.03 bits per heavy atom. The van der Waals surface area contributed by atoms with E-state index < -0.39 is 0 Å². The summed E-state index contributed by atoms with van der Waals surface area (Å²) in [6, 6.07) is 0.534. The largest absolute Gasteiger partial charge is 0.383 e. The van der Waals surface area contributed by atoms with E-state index in [-0.39, 0.29) is 0 Å². The molecule has 0 N–H and O–H groups in total. The van der Waals surface area contributed by atoms with Crippen molar-refractivity contribution in [2.45, 2.75) is 57.9 Å². The number of hydrogen-bond donors (Lipinski definition) is 0. The summed E-state index contributed by atoms with van der Waals surface area (Å²) in [5, 5.41) is 2.00. The zero-order chi connectivity index (χ0) is 21.2. The Labute approximate surface area is 183 Å². The Morgan fingerprint density at radius 3 is 2.57 bits per heavy atom. The van der Waals surface area contributed by atoms with Crippen LogP contribution in [0.5, 0.6) is 0 Å². The molecule has 0 radical (unpaired) electrons. The van der Waals surface area contributed by atoms with Gasteiger partial charge in [0.25, 0.3) is 0 Å². The summed E-state index contributed by atoms with van der Waals surface area (Å²) in [5.41, 5.74) is 0. The number of rotatable bonds is 11. The molecule has 1 atom stereocenters. The first-order valence-corrected chi connectivity index (χ1v) is 12.3. The maximum Gasteiger partial charge on any atom is 0.224 e. The molecule has 30 heavy (non-hydrogen) atoms. The first-order valence-electron chi connectivity index (χ1n) is 12.3. The minimum absolute atomic E-state index is 0.314. The molecule has 3 aliphatic rings. The molecule has 0 aromatic rings. The lowest BCUT2D eigenvalue weighted by molar-refractivity contribution is -0.182. The summed E-state index contributed by atoms with van der Waals surface area (Å²) >= 11 is 0. The van der Waals surface area contributed by atoms with Gasteiger partial charge < -0.3 is 14.5 Å². The Balaban J connectivity index is 1.51. The van der Waals surface area contributed by atoms with Crippen molar-refractivity contribution in [3.63, 3.8) is 0 Å². The number of carbonyl (C=O) groups is 1. The van der Waals surface area contributed by atoms with Gasteiger partial charge in [-0.3, -0.25) is 14.5 Å². The number of hydroxylamine groups is 2. The van der Waals surface area contributed by atoms with E-state index in [1.165, 1.54) is 38.6 Å². The molecule has 0 spiro atoms. The maximum atomic E-state index is 13.2. The van der Waals surface area contributed by atoms with Gasteiger partial charge in [-0.05, 0) is 70.6 Å². The topological polar surface area (TPSA) is 48.5 Å². The summed E-state index contributed by atoms with van der Waals surface area (Å²) in [5.74, 6) is 0.935. The van der Waals surface area contributed by atoms with E-state index in [1.807, 2.05) is 5.06 Å². The highest BCUT2D eigenvalue weighted by Gasteiger charge is 2.30. The zero-order valence-electron chi connectivity index (χ0n) is 19.4. The highest BCUT2D eigenvalue weighted by atomic mass is 16.7. The van der Waals surface area contributed by atoms with Crippen LogP contribution in [-0.2, 0) is 14.4 Å². The molecule has 1 unspecified atom stereocenters. The second-order valence-electron chi connectivity index (χ2n) is 9.22. The van der Waals surface area contributed by atoms with Crippen molar-refractivity contribution in [1.29, 1.82) is 0 Å². The number of methoxy groups -OCH3 is 1. The van der Waals surface area contributed by atoms with Crippen LogP contribution in [-0.4, -0.2) is 111 Å². The first kappa shape index (κ1) is 23.9. The van der Waals surface area contributed by atoms with Gasteiger partial charge in [-0.1, -0.05) is 6.92 Å². The van der Waals surface area contributed by atoms with Crippen LogP contribution in [0.2, 0.25) is 0 Å². The molecular formula is C23H44N4O3. The lowest BCUT2D eigenvalue weighted by atomic mass is 9.95. The third-order valence-electron chi connectivity index (χ3n) is 7.14. The van der Waals surface area contributed by atoms with E-state index in [2.05, 4.69) is 21.6 Å². The van der Waals surface area contributed by atoms with Crippen molar-refractivity contribution >= 4 is 5.91 Å². The summed E-state index contributed by atoms with van der Waals surface area (Å²) in [6.45, 7) is 12.9. The molecular weight excluding hydrogens is 380 g/mol. The minimum Gasteiger partial charge on any atom is -0.383 e. The van der Waals surface area contributed by atoms with Crippen LogP contribution in [0.25, 0.3) is 0 Å². The number of piperidine rings is 1. The van der Waals surface area contributed by atoms with Crippen LogP contribution in [0.3, 0.4) is 0 Å². The van der Waals surface area contributed by atoms with Gasteiger partial charge in [0.05, 0.1) is 13.2 Å². The highest BCUT2D eigenvalue weighted by Crippen LogP contribution is 2.22. The average molecular weight is 425 g/mol. The molecule has 3 aliphatic heterocycles. The third kappa shape index (κ3) is 7.45. The quantitative estimate of drug-likeness (QED) is 0.506. The van der Waals surface area contributed by atoms with Crippen molar-refractivity contribution in [3.8, 4) is 0 Å². The van der Waals surface area contributed by atoms with Crippen molar-refractivity contribution in [3.05, 3.63) is 0 Å². The van der Waals surface area contributed by atoms with E-state index in [1.54, 1.807) is 7.11 Å². The summed E-state index contributed by atoms with van der Waals surface area (Å²) < 4.78 is 5.23. The molecule has 3 heterocycles. The number of likely N-dealkylation sites (tertiary alicyclic amines) is 2. The van der Waals surface area contributed by atoms with E-state index in [0.29, 0.717) is 24.3 Å². The van der Waals surface area contributed by atoms with E-state index in [9.17, 15) is 4.79 Å². The predicted molar refractivity (Wildman–Crippen MR) is 119 cm³/mol. The molecule has 0 bridgehead atoms. The van der Waals surface area contributed by atoms with Gasteiger partial charge in [0, 0.05) is 52.3 Å². The zero-order valence-corrected chi connectivity index (χ0v) is 19.4. The van der Waals surface area contributed by atoms with Crippen LogP contribution >= 0.6 is 0 Å². The Hall–Kier alpha value is -0.730. The first-order chi connectivity index (χ1) is 14.7. The predicted octanol–water partition coefficient (Wildman–Crippen LogP) is 2.08. The van der Waals surface area contributed by atoms with Gasteiger partial charge in [-0.15, -0.1) is 0 Å².